The van der Waals surface area contributed by atoms with Crippen LogP contribution in [0.2, 0.25) is 0 Å². The third-order valence-corrected chi connectivity index (χ3v) is 4.67. The Bertz CT molecular complexity index is 578. The molecule has 2 atom stereocenters. The van der Waals surface area contributed by atoms with Gasteiger partial charge in [-0.05, 0) is 32.0 Å². The molecule has 2 amide bonds. The van der Waals surface area contributed by atoms with Crippen LogP contribution in [0.4, 0.5) is 0 Å². The third kappa shape index (κ3) is 4.13. The van der Waals surface area contributed by atoms with Gasteiger partial charge in [-0.25, -0.2) is 0 Å². The molecular formula is C18H25N3O3. The Morgan fingerprint density at radius 1 is 1.33 bits per heavy atom. The molecule has 6 heteroatoms. The van der Waals surface area contributed by atoms with Crippen molar-refractivity contribution in [3.05, 3.63) is 35.9 Å². The van der Waals surface area contributed by atoms with Crippen LogP contribution < -0.4 is 5.32 Å². The van der Waals surface area contributed by atoms with E-state index in [1.165, 1.54) is 0 Å². The van der Waals surface area contributed by atoms with Gasteiger partial charge in [-0.3, -0.25) is 9.59 Å². The van der Waals surface area contributed by atoms with Crippen molar-refractivity contribution in [2.45, 2.75) is 31.5 Å². The van der Waals surface area contributed by atoms with E-state index in [4.69, 9.17) is 4.74 Å². The average molecular weight is 331 g/mol. The fourth-order valence-corrected chi connectivity index (χ4v) is 3.38. The number of rotatable bonds is 4. The summed E-state index contributed by atoms with van der Waals surface area (Å²) < 4.78 is 5.33. The van der Waals surface area contributed by atoms with Gasteiger partial charge >= 0.3 is 0 Å². The van der Waals surface area contributed by atoms with Crippen LogP contribution in [0.5, 0.6) is 0 Å². The Morgan fingerprint density at radius 3 is 2.88 bits per heavy atom. The van der Waals surface area contributed by atoms with Crippen molar-refractivity contribution in [3.8, 4) is 0 Å². The molecule has 1 aromatic rings. The second-order valence-corrected chi connectivity index (χ2v) is 6.65. The van der Waals surface area contributed by atoms with Crippen LogP contribution >= 0.6 is 0 Å². The Morgan fingerprint density at radius 2 is 2.12 bits per heavy atom. The topological polar surface area (TPSA) is 61.9 Å². The Kier molecular flexibility index (Phi) is 5.48. The average Bonchev–Trinajstić information content (AvgIpc) is 2.57. The molecule has 24 heavy (non-hydrogen) atoms. The van der Waals surface area contributed by atoms with E-state index in [-0.39, 0.29) is 31.1 Å². The van der Waals surface area contributed by atoms with E-state index in [1.807, 2.05) is 30.3 Å². The Balaban J connectivity index is 1.66. The predicted molar refractivity (Wildman–Crippen MR) is 90.3 cm³/mol. The molecule has 2 aliphatic heterocycles. The molecule has 1 aromatic carbocycles. The Hall–Kier alpha value is -1.92. The van der Waals surface area contributed by atoms with E-state index in [2.05, 4.69) is 17.3 Å². The molecule has 0 radical (unpaired) electrons. The molecule has 6 nitrogen and oxygen atoms in total. The largest absolute Gasteiger partial charge is 0.369 e. The van der Waals surface area contributed by atoms with E-state index in [0.29, 0.717) is 6.54 Å². The van der Waals surface area contributed by atoms with Gasteiger partial charge in [-0.15, -0.1) is 0 Å². The molecule has 130 valence electrons. The van der Waals surface area contributed by atoms with Gasteiger partial charge in [0.15, 0.2) is 0 Å². The lowest BCUT2D eigenvalue weighted by Gasteiger charge is -2.37. The summed E-state index contributed by atoms with van der Waals surface area (Å²) in [4.78, 5) is 28.8. The van der Waals surface area contributed by atoms with Gasteiger partial charge in [0.05, 0.1) is 6.61 Å². The molecule has 1 N–H and O–H groups in total. The monoisotopic (exact) mass is 331 g/mol. The summed E-state index contributed by atoms with van der Waals surface area (Å²) in [6, 6.07) is 9.33. The maximum atomic E-state index is 12.7. The second kappa shape index (κ2) is 7.77. The van der Waals surface area contributed by atoms with E-state index in [0.717, 1.165) is 31.5 Å². The number of nitrogens with zero attached hydrogens (tertiary/aromatic N) is 2. The molecule has 0 unspecified atom stereocenters. The summed E-state index contributed by atoms with van der Waals surface area (Å²) in [6.45, 7) is 2.66. The van der Waals surface area contributed by atoms with Gasteiger partial charge in [0, 0.05) is 19.1 Å². The number of amides is 2. The van der Waals surface area contributed by atoms with E-state index >= 15 is 0 Å². The normalized spacial score (nSPS) is 25.5. The SMILES string of the molecule is CN1CCC[C@@H](NC(=O)[C@H]2COCC(=O)N2Cc2ccccc2)C1. The molecule has 2 aliphatic rings. The number of carbonyl (C=O) groups is 2. The minimum atomic E-state index is -0.557. The minimum Gasteiger partial charge on any atom is -0.369 e. The molecule has 2 saturated heterocycles. The van der Waals surface area contributed by atoms with Gasteiger partial charge in [-0.1, -0.05) is 30.3 Å². The van der Waals surface area contributed by atoms with Crippen molar-refractivity contribution in [2.75, 3.05) is 33.4 Å². The van der Waals surface area contributed by atoms with Crippen molar-refractivity contribution in [1.29, 1.82) is 0 Å². The summed E-state index contributed by atoms with van der Waals surface area (Å²) >= 11 is 0. The van der Waals surface area contributed by atoms with Crippen LogP contribution in [0.3, 0.4) is 0 Å². The van der Waals surface area contributed by atoms with Crippen LogP contribution in [0.15, 0.2) is 30.3 Å². The number of nitrogens with one attached hydrogen (secondary N) is 1. The number of ether oxygens (including phenoxy) is 1. The zero-order valence-electron chi connectivity index (χ0n) is 14.1. The van der Waals surface area contributed by atoms with Crippen LogP contribution in [0.1, 0.15) is 18.4 Å². The number of hydrogen-bond donors (Lipinski definition) is 1. The van der Waals surface area contributed by atoms with Gasteiger partial charge in [-0.2, -0.15) is 0 Å². The van der Waals surface area contributed by atoms with Gasteiger partial charge < -0.3 is 19.9 Å². The summed E-state index contributed by atoms with van der Waals surface area (Å²) in [5.41, 5.74) is 1.02. The standard InChI is InChI=1S/C18H25N3O3/c1-20-9-5-8-15(11-20)19-18(23)16-12-24-13-17(22)21(16)10-14-6-3-2-4-7-14/h2-4,6-7,15-16H,5,8-13H2,1H3,(H,19,23)/t15-,16-/m1/s1. The lowest BCUT2D eigenvalue weighted by Crippen LogP contribution is -2.58. The number of piperidine rings is 1. The summed E-state index contributed by atoms with van der Waals surface area (Å²) in [7, 11) is 2.06. The molecule has 2 fully saturated rings. The zero-order chi connectivity index (χ0) is 16.9. The summed E-state index contributed by atoms with van der Waals surface area (Å²) in [6.07, 6.45) is 2.06. The van der Waals surface area contributed by atoms with Crippen molar-refractivity contribution in [1.82, 2.24) is 15.1 Å². The molecular weight excluding hydrogens is 306 g/mol. The van der Waals surface area contributed by atoms with Crippen molar-refractivity contribution >= 4 is 11.8 Å². The quantitative estimate of drug-likeness (QED) is 0.879. The predicted octanol–water partition coefficient (Wildman–Crippen LogP) is 0.624. The van der Waals surface area contributed by atoms with Crippen LogP contribution in [0, 0.1) is 0 Å². The first-order valence-corrected chi connectivity index (χ1v) is 8.53. The first-order valence-electron chi connectivity index (χ1n) is 8.53. The number of carbonyl (C=O) groups excluding carboxylic acids is 2. The smallest absolute Gasteiger partial charge is 0.249 e. The molecule has 2 heterocycles. The third-order valence-electron chi connectivity index (χ3n) is 4.67. The van der Waals surface area contributed by atoms with Gasteiger partial charge in [0.2, 0.25) is 11.8 Å². The molecule has 0 bridgehead atoms. The van der Waals surface area contributed by atoms with Gasteiger partial charge in [0.1, 0.15) is 12.6 Å². The molecule has 0 aromatic heterocycles. The molecule has 0 aliphatic carbocycles. The van der Waals surface area contributed by atoms with Crippen LogP contribution in [0.25, 0.3) is 0 Å². The highest BCUT2D eigenvalue weighted by atomic mass is 16.5. The van der Waals surface area contributed by atoms with Crippen molar-refractivity contribution < 1.29 is 14.3 Å². The first kappa shape index (κ1) is 16.9. The number of hydrogen-bond acceptors (Lipinski definition) is 4. The van der Waals surface area contributed by atoms with Crippen molar-refractivity contribution in [3.63, 3.8) is 0 Å². The number of likely N-dealkylation sites (N-methyl/N-ethyl adjacent to an activating group) is 1. The number of likely N-dealkylation sites (tertiary alicyclic amines) is 1. The maximum absolute atomic E-state index is 12.7. The van der Waals surface area contributed by atoms with Crippen LogP contribution in [-0.2, 0) is 20.9 Å². The van der Waals surface area contributed by atoms with Crippen LogP contribution in [-0.4, -0.2) is 67.0 Å². The van der Waals surface area contributed by atoms with Gasteiger partial charge in [0.25, 0.3) is 0 Å². The summed E-state index contributed by atoms with van der Waals surface area (Å²) in [5, 5.41) is 3.10. The van der Waals surface area contributed by atoms with Crippen molar-refractivity contribution in [2.24, 2.45) is 0 Å². The Labute approximate surface area is 142 Å². The lowest BCUT2D eigenvalue weighted by molar-refractivity contribution is -0.156. The first-order chi connectivity index (χ1) is 11.6. The second-order valence-electron chi connectivity index (χ2n) is 6.65. The molecule has 3 rings (SSSR count). The fourth-order valence-electron chi connectivity index (χ4n) is 3.38. The minimum absolute atomic E-state index is 0.0444. The van der Waals surface area contributed by atoms with E-state index in [1.54, 1.807) is 4.90 Å². The maximum Gasteiger partial charge on any atom is 0.249 e. The number of benzene rings is 1. The zero-order valence-corrected chi connectivity index (χ0v) is 14.1. The highest BCUT2D eigenvalue weighted by Crippen LogP contribution is 2.15. The highest BCUT2D eigenvalue weighted by molar-refractivity contribution is 5.89. The molecule has 0 spiro atoms. The number of morpholine rings is 1. The van der Waals surface area contributed by atoms with E-state index in [9.17, 15) is 9.59 Å². The highest BCUT2D eigenvalue weighted by Gasteiger charge is 2.35. The molecule has 0 saturated carbocycles. The lowest BCUT2D eigenvalue weighted by atomic mass is 10.1. The summed E-state index contributed by atoms with van der Waals surface area (Å²) in [5.74, 6) is -0.245. The fraction of sp³-hybridized carbons (Fsp3) is 0.556. The van der Waals surface area contributed by atoms with E-state index < -0.39 is 6.04 Å².